The van der Waals surface area contributed by atoms with Crippen LogP contribution in [0.15, 0.2) is 0 Å². The Labute approximate surface area is 112 Å². The van der Waals surface area contributed by atoms with Crippen molar-refractivity contribution in [2.45, 2.75) is 52.1 Å². The first-order valence-electron chi connectivity index (χ1n) is 6.66. The molecule has 1 saturated carbocycles. The van der Waals surface area contributed by atoms with Gasteiger partial charge in [-0.3, -0.25) is 14.4 Å². The lowest BCUT2D eigenvalue weighted by atomic mass is 9.95. The predicted molar refractivity (Wildman–Crippen MR) is 69.4 cm³/mol. The van der Waals surface area contributed by atoms with E-state index in [2.05, 4.69) is 10.6 Å². The third-order valence-electron chi connectivity index (χ3n) is 3.35. The lowest BCUT2D eigenvalue weighted by Gasteiger charge is -2.20. The highest BCUT2D eigenvalue weighted by Crippen LogP contribution is 2.32. The number of carboxylic acids is 1. The minimum absolute atomic E-state index is 0.00472. The fraction of sp³-hybridized carbons (Fsp3) is 0.769. The van der Waals surface area contributed by atoms with Crippen LogP contribution in [0.1, 0.15) is 40.0 Å². The molecule has 6 nitrogen and oxygen atoms in total. The lowest BCUT2D eigenvalue weighted by molar-refractivity contribution is -0.146. The second-order valence-electron chi connectivity index (χ2n) is 5.38. The molecule has 1 aliphatic rings. The van der Waals surface area contributed by atoms with Crippen LogP contribution in [0, 0.1) is 11.8 Å². The summed E-state index contributed by atoms with van der Waals surface area (Å²) in [6.07, 6.45) is 1.84. The number of hydrogen-bond donors (Lipinski definition) is 3. The summed E-state index contributed by atoms with van der Waals surface area (Å²) in [4.78, 5) is 34.7. The molecule has 0 heterocycles. The van der Waals surface area contributed by atoms with Gasteiger partial charge in [0, 0.05) is 6.04 Å². The predicted octanol–water partition coefficient (Wildman–Crippen LogP) is 0.517. The maximum atomic E-state index is 12.0. The molecule has 19 heavy (non-hydrogen) atoms. The van der Waals surface area contributed by atoms with Crippen LogP contribution >= 0.6 is 0 Å². The highest BCUT2D eigenvalue weighted by molar-refractivity contribution is 5.90. The summed E-state index contributed by atoms with van der Waals surface area (Å²) in [5, 5.41) is 14.3. The Bertz CT molecular complexity index is 368. The van der Waals surface area contributed by atoms with E-state index in [0.29, 0.717) is 12.8 Å². The zero-order chi connectivity index (χ0) is 14.6. The van der Waals surface area contributed by atoms with E-state index in [-0.39, 0.29) is 17.9 Å². The van der Waals surface area contributed by atoms with Gasteiger partial charge in [-0.15, -0.1) is 0 Å². The van der Waals surface area contributed by atoms with Gasteiger partial charge in [0.1, 0.15) is 6.04 Å². The Morgan fingerprint density at radius 3 is 2.16 bits per heavy atom. The highest BCUT2D eigenvalue weighted by atomic mass is 16.4. The summed E-state index contributed by atoms with van der Waals surface area (Å²) in [6.45, 7) is 5.27. The largest absolute Gasteiger partial charge is 0.481 e. The van der Waals surface area contributed by atoms with Crippen LogP contribution in [-0.2, 0) is 14.4 Å². The summed E-state index contributed by atoms with van der Waals surface area (Å²) in [5.41, 5.74) is 0. The molecule has 1 aliphatic carbocycles. The second-order valence-corrected chi connectivity index (χ2v) is 5.38. The first-order chi connectivity index (χ1) is 8.82. The standard InChI is InChI=1S/C13H22N2O4/c1-7(2)14-11(16)8(3)15-12(17)9-5-4-6-10(9)13(18)19/h7-10H,4-6H2,1-3H3,(H,14,16)(H,15,17)(H,18,19)/t8?,9-,10+/m1/s1. The molecule has 0 radical (unpaired) electrons. The molecule has 0 aliphatic heterocycles. The summed E-state index contributed by atoms with van der Waals surface area (Å²) in [7, 11) is 0. The molecule has 6 heteroatoms. The minimum atomic E-state index is -0.933. The quantitative estimate of drug-likeness (QED) is 0.678. The zero-order valence-corrected chi connectivity index (χ0v) is 11.6. The van der Waals surface area contributed by atoms with Crippen LogP contribution in [0.25, 0.3) is 0 Å². The van der Waals surface area contributed by atoms with Crippen molar-refractivity contribution < 1.29 is 19.5 Å². The molecule has 0 bridgehead atoms. The smallest absolute Gasteiger partial charge is 0.307 e. The van der Waals surface area contributed by atoms with Gasteiger partial charge in [0.15, 0.2) is 0 Å². The van der Waals surface area contributed by atoms with Gasteiger partial charge in [-0.25, -0.2) is 0 Å². The summed E-state index contributed by atoms with van der Waals surface area (Å²) in [5.74, 6) is -2.67. The van der Waals surface area contributed by atoms with Gasteiger partial charge >= 0.3 is 5.97 Å². The van der Waals surface area contributed by atoms with E-state index in [1.807, 2.05) is 13.8 Å². The van der Waals surface area contributed by atoms with Gasteiger partial charge in [-0.1, -0.05) is 6.42 Å². The van der Waals surface area contributed by atoms with Crippen LogP contribution in [0.2, 0.25) is 0 Å². The van der Waals surface area contributed by atoms with Crippen molar-refractivity contribution >= 4 is 17.8 Å². The molecule has 1 unspecified atom stereocenters. The number of amides is 2. The molecule has 0 aromatic carbocycles. The second kappa shape index (κ2) is 6.54. The number of hydrogen-bond acceptors (Lipinski definition) is 3. The van der Waals surface area contributed by atoms with Crippen molar-refractivity contribution in [3.05, 3.63) is 0 Å². The first-order valence-corrected chi connectivity index (χ1v) is 6.66. The first kappa shape index (κ1) is 15.5. The van der Waals surface area contributed by atoms with E-state index in [0.717, 1.165) is 6.42 Å². The van der Waals surface area contributed by atoms with Gasteiger partial charge in [0.05, 0.1) is 11.8 Å². The Morgan fingerprint density at radius 2 is 1.63 bits per heavy atom. The average molecular weight is 270 g/mol. The number of rotatable bonds is 5. The van der Waals surface area contributed by atoms with E-state index >= 15 is 0 Å². The molecule has 0 saturated heterocycles. The van der Waals surface area contributed by atoms with Gasteiger partial charge in [-0.2, -0.15) is 0 Å². The van der Waals surface area contributed by atoms with Crippen molar-refractivity contribution in [3.63, 3.8) is 0 Å². The molecule has 1 fully saturated rings. The van der Waals surface area contributed by atoms with Crippen LogP contribution < -0.4 is 10.6 Å². The van der Waals surface area contributed by atoms with Gasteiger partial charge in [0.2, 0.25) is 11.8 Å². The molecule has 3 N–H and O–H groups in total. The van der Waals surface area contributed by atoms with E-state index in [9.17, 15) is 14.4 Å². The molecule has 3 atom stereocenters. The number of nitrogens with one attached hydrogen (secondary N) is 2. The number of carboxylic acid groups (broad SMARTS) is 1. The van der Waals surface area contributed by atoms with Crippen molar-refractivity contribution in [1.29, 1.82) is 0 Å². The number of aliphatic carboxylic acids is 1. The summed E-state index contributed by atoms with van der Waals surface area (Å²) < 4.78 is 0. The molecule has 0 aromatic rings. The maximum absolute atomic E-state index is 12.0. The van der Waals surface area contributed by atoms with E-state index < -0.39 is 23.8 Å². The normalized spacial score (nSPS) is 24.0. The Balaban J connectivity index is 2.54. The van der Waals surface area contributed by atoms with Crippen molar-refractivity contribution in [1.82, 2.24) is 10.6 Å². The van der Waals surface area contributed by atoms with Crippen LogP contribution in [-0.4, -0.2) is 35.0 Å². The lowest BCUT2D eigenvalue weighted by Crippen LogP contribution is -2.49. The minimum Gasteiger partial charge on any atom is -0.481 e. The Hall–Kier alpha value is -1.59. The number of carbonyl (C=O) groups excluding carboxylic acids is 2. The maximum Gasteiger partial charge on any atom is 0.307 e. The monoisotopic (exact) mass is 270 g/mol. The Kier molecular flexibility index (Phi) is 5.32. The SMILES string of the molecule is CC(C)NC(=O)C(C)NC(=O)[C@@H]1CCC[C@@H]1C(=O)O. The molecule has 1 rings (SSSR count). The van der Waals surface area contributed by atoms with Gasteiger partial charge < -0.3 is 15.7 Å². The average Bonchev–Trinajstić information content (AvgIpc) is 2.76. The molecule has 108 valence electrons. The summed E-state index contributed by atoms with van der Waals surface area (Å²) in [6, 6.07) is -0.643. The third kappa shape index (κ3) is 4.22. The molecule has 2 amide bonds. The van der Waals surface area contributed by atoms with Gasteiger partial charge in [0.25, 0.3) is 0 Å². The Morgan fingerprint density at radius 1 is 1.05 bits per heavy atom. The van der Waals surface area contributed by atoms with Crippen molar-refractivity contribution in [3.8, 4) is 0 Å². The van der Waals surface area contributed by atoms with E-state index in [1.54, 1.807) is 6.92 Å². The van der Waals surface area contributed by atoms with Crippen molar-refractivity contribution in [2.24, 2.45) is 11.8 Å². The molecule has 0 spiro atoms. The third-order valence-corrected chi connectivity index (χ3v) is 3.35. The van der Waals surface area contributed by atoms with Crippen LogP contribution in [0.5, 0.6) is 0 Å². The molecular formula is C13H22N2O4. The topological polar surface area (TPSA) is 95.5 Å². The number of carbonyl (C=O) groups is 3. The molecular weight excluding hydrogens is 248 g/mol. The summed E-state index contributed by atoms with van der Waals surface area (Å²) >= 11 is 0. The fourth-order valence-corrected chi connectivity index (χ4v) is 2.36. The molecule has 0 aromatic heterocycles. The van der Waals surface area contributed by atoms with Crippen LogP contribution in [0.3, 0.4) is 0 Å². The van der Waals surface area contributed by atoms with E-state index in [4.69, 9.17) is 5.11 Å². The van der Waals surface area contributed by atoms with Gasteiger partial charge in [-0.05, 0) is 33.6 Å². The van der Waals surface area contributed by atoms with E-state index in [1.165, 1.54) is 0 Å². The zero-order valence-electron chi connectivity index (χ0n) is 11.6. The highest BCUT2D eigenvalue weighted by Gasteiger charge is 2.38. The fourth-order valence-electron chi connectivity index (χ4n) is 2.36. The van der Waals surface area contributed by atoms with Crippen molar-refractivity contribution in [2.75, 3.05) is 0 Å². The van der Waals surface area contributed by atoms with Crippen LogP contribution in [0.4, 0.5) is 0 Å².